The fraction of sp³-hybridized carbons (Fsp3) is 0.214. The van der Waals surface area contributed by atoms with Crippen molar-refractivity contribution in [2.75, 3.05) is 6.61 Å². The SMILES string of the molecule is CC(=O)O.Cc1cc(Oc2ccc(CCOc3ccn(CCc4cccnc4)c(=O)n3)cc2)ccc1Cl. The molecule has 0 saturated carbocycles. The number of aromatic nitrogens is 3. The van der Waals surface area contributed by atoms with Gasteiger partial charge in [0.25, 0.3) is 5.97 Å². The third kappa shape index (κ3) is 9.42. The van der Waals surface area contributed by atoms with E-state index in [0.29, 0.717) is 36.9 Å². The Hall–Kier alpha value is -4.17. The molecule has 0 unspecified atom stereocenters. The number of carboxylic acids is 1. The van der Waals surface area contributed by atoms with Crippen LogP contribution in [0.15, 0.2) is 84.0 Å². The number of nitrogens with zero attached hydrogens (tertiary/aromatic N) is 3. The van der Waals surface area contributed by atoms with E-state index in [-0.39, 0.29) is 5.69 Å². The molecule has 0 spiro atoms. The minimum Gasteiger partial charge on any atom is -0.481 e. The quantitative estimate of drug-likeness (QED) is 0.316. The molecular weight excluding hydrogens is 494 g/mol. The Kier molecular flexibility index (Phi) is 10.2. The predicted molar refractivity (Wildman–Crippen MR) is 142 cm³/mol. The van der Waals surface area contributed by atoms with Crippen LogP contribution < -0.4 is 15.2 Å². The van der Waals surface area contributed by atoms with E-state index in [1.54, 1.807) is 29.2 Å². The van der Waals surface area contributed by atoms with Crippen LogP contribution in [0, 0.1) is 6.92 Å². The molecule has 4 aromatic rings. The molecule has 37 heavy (non-hydrogen) atoms. The molecule has 4 rings (SSSR count). The number of aryl methyl sites for hydroxylation is 3. The number of carbonyl (C=O) groups is 1. The zero-order valence-corrected chi connectivity index (χ0v) is 21.4. The number of hydrogen-bond donors (Lipinski definition) is 1. The van der Waals surface area contributed by atoms with E-state index in [9.17, 15) is 4.79 Å². The summed E-state index contributed by atoms with van der Waals surface area (Å²) >= 11 is 6.06. The topological polar surface area (TPSA) is 104 Å². The molecule has 0 saturated heterocycles. The van der Waals surface area contributed by atoms with E-state index < -0.39 is 5.97 Å². The average Bonchev–Trinajstić information content (AvgIpc) is 2.87. The van der Waals surface area contributed by atoms with Gasteiger partial charge in [-0.1, -0.05) is 29.8 Å². The summed E-state index contributed by atoms with van der Waals surface area (Å²) in [7, 11) is 0. The van der Waals surface area contributed by atoms with E-state index in [0.717, 1.165) is 35.1 Å². The monoisotopic (exact) mass is 521 g/mol. The van der Waals surface area contributed by atoms with Crippen LogP contribution in [0.3, 0.4) is 0 Å². The van der Waals surface area contributed by atoms with E-state index in [1.807, 2.05) is 61.5 Å². The van der Waals surface area contributed by atoms with Crippen LogP contribution in [-0.4, -0.2) is 32.2 Å². The molecule has 0 aliphatic carbocycles. The number of carboxylic acid groups (broad SMARTS) is 1. The zero-order valence-electron chi connectivity index (χ0n) is 20.6. The predicted octanol–water partition coefficient (Wildman–Crippen LogP) is 5.35. The minimum absolute atomic E-state index is 0.324. The van der Waals surface area contributed by atoms with Gasteiger partial charge in [-0.05, 0) is 66.4 Å². The molecule has 0 aliphatic heterocycles. The highest BCUT2D eigenvalue weighted by Gasteiger charge is 2.04. The maximum absolute atomic E-state index is 12.3. The summed E-state index contributed by atoms with van der Waals surface area (Å²) in [4.78, 5) is 29.4. The standard InChI is InChI=1S/C26H24ClN3O3.C2H4O2/c1-19-17-23(8-9-24(19)27)33-22-6-4-20(5-7-22)12-16-32-25-11-15-30(26(31)29-25)14-10-21-3-2-13-28-18-21;1-2(3)4/h2-9,11,13,15,17-18H,10,12,14,16H2,1H3;1H3,(H,3,4). The number of hydrogen-bond acceptors (Lipinski definition) is 6. The second-order valence-corrected chi connectivity index (χ2v) is 8.53. The number of halogens is 1. The lowest BCUT2D eigenvalue weighted by molar-refractivity contribution is -0.134. The fourth-order valence-electron chi connectivity index (χ4n) is 3.27. The van der Waals surface area contributed by atoms with Crippen molar-refractivity contribution in [3.63, 3.8) is 0 Å². The number of benzene rings is 2. The lowest BCUT2D eigenvalue weighted by atomic mass is 10.1. The van der Waals surface area contributed by atoms with Gasteiger partial charge in [-0.3, -0.25) is 14.3 Å². The van der Waals surface area contributed by atoms with E-state index in [1.165, 1.54) is 0 Å². The van der Waals surface area contributed by atoms with Crippen molar-refractivity contribution in [2.45, 2.75) is 33.2 Å². The zero-order chi connectivity index (χ0) is 26.6. The summed E-state index contributed by atoms with van der Waals surface area (Å²) in [6, 6.07) is 19.0. The Morgan fingerprint density at radius 3 is 2.41 bits per heavy atom. The van der Waals surface area contributed by atoms with Crippen LogP contribution in [0.1, 0.15) is 23.6 Å². The Labute approximate surface area is 220 Å². The summed E-state index contributed by atoms with van der Waals surface area (Å²) in [5.41, 5.74) is 2.82. The summed E-state index contributed by atoms with van der Waals surface area (Å²) in [5, 5.41) is 8.13. The third-order valence-electron chi connectivity index (χ3n) is 5.14. The molecule has 2 aromatic carbocycles. The number of aliphatic carboxylic acids is 1. The Bertz CT molecular complexity index is 1350. The first-order valence-electron chi connectivity index (χ1n) is 11.6. The molecule has 0 radical (unpaired) electrons. The van der Waals surface area contributed by atoms with Gasteiger partial charge in [-0.2, -0.15) is 4.98 Å². The van der Waals surface area contributed by atoms with Crippen LogP contribution in [0.5, 0.6) is 17.4 Å². The second-order valence-electron chi connectivity index (χ2n) is 8.13. The van der Waals surface area contributed by atoms with Crippen LogP contribution in [0.4, 0.5) is 0 Å². The Morgan fingerprint density at radius 2 is 1.76 bits per heavy atom. The van der Waals surface area contributed by atoms with Crippen LogP contribution in [0.2, 0.25) is 5.02 Å². The maximum Gasteiger partial charge on any atom is 0.350 e. The molecule has 192 valence electrons. The Morgan fingerprint density at radius 1 is 1.03 bits per heavy atom. The first-order chi connectivity index (χ1) is 17.8. The van der Waals surface area contributed by atoms with Gasteiger partial charge in [0.1, 0.15) is 11.5 Å². The molecule has 0 fully saturated rings. The first kappa shape index (κ1) is 27.4. The molecule has 8 nitrogen and oxygen atoms in total. The van der Waals surface area contributed by atoms with Gasteiger partial charge in [0.15, 0.2) is 0 Å². The van der Waals surface area contributed by atoms with Crippen LogP contribution in [0.25, 0.3) is 0 Å². The van der Waals surface area contributed by atoms with Gasteiger partial charge in [0, 0.05) is 49.6 Å². The molecule has 2 heterocycles. The molecular formula is C28H28ClN3O5. The van der Waals surface area contributed by atoms with Gasteiger partial charge in [-0.15, -0.1) is 0 Å². The molecule has 0 amide bonds. The maximum atomic E-state index is 12.3. The van der Waals surface area contributed by atoms with Gasteiger partial charge in [0.05, 0.1) is 6.61 Å². The molecule has 9 heteroatoms. The summed E-state index contributed by atoms with van der Waals surface area (Å²) < 4.78 is 13.1. The van der Waals surface area contributed by atoms with Crippen LogP contribution in [-0.2, 0) is 24.2 Å². The molecule has 0 aliphatic rings. The first-order valence-corrected chi connectivity index (χ1v) is 12.0. The smallest absolute Gasteiger partial charge is 0.350 e. The fourth-order valence-corrected chi connectivity index (χ4v) is 3.39. The van der Waals surface area contributed by atoms with Gasteiger partial charge in [0.2, 0.25) is 5.88 Å². The summed E-state index contributed by atoms with van der Waals surface area (Å²) in [6.45, 7) is 3.99. The van der Waals surface area contributed by atoms with Gasteiger partial charge < -0.3 is 14.6 Å². The van der Waals surface area contributed by atoms with E-state index in [4.69, 9.17) is 31.0 Å². The van der Waals surface area contributed by atoms with Crippen molar-refractivity contribution < 1.29 is 19.4 Å². The molecule has 2 aromatic heterocycles. The van der Waals surface area contributed by atoms with Crippen molar-refractivity contribution in [3.05, 3.63) is 111 Å². The highest BCUT2D eigenvalue weighted by molar-refractivity contribution is 6.31. The normalized spacial score (nSPS) is 10.2. The highest BCUT2D eigenvalue weighted by Crippen LogP contribution is 2.26. The van der Waals surface area contributed by atoms with Crippen molar-refractivity contribution in [2.24, 2.45) is 0 Å². The van der Waals surface area contributed by atoms with Gasteiger partial charge >= 0.3 is 5.69 Å². The Balaban J connectivity index is 0.000000886. The molecule has 0 bridgehead atoms. The lowest BCUT2D eigenvalue weighted by Crippen LogP contribution is -2.23. The number of pyridine rings is 1. The summed E-state index contributed by atoms with van der Waals surface area (Å²) in [5.74, 6) is 0.989. The van der Waals surface area contributed by atoms with Crippen molar-refractivity contribution in [1.82, 2.24) is 14.5 Å². The average molecular weight is 522 g/mol. The minimum atomic E-state index is -0.833. The number of ether oxygens (including phenoxy) is 2. The van der Waals surface area contributed by atoms with Crippen molar-refractivity contribution >= 4 is 17.6 Å². The lowest BCUT2D eigenvalue weighted by Gasteiger charge is -2.09. The number of rotatable bonds is 9. The van der Waals surface area contributed by atoms with Crippen molar-refractivity contribution in [3.8, 4) is 17.4 Å². The largest absolute Gasteiger partial charge is 0.481 e. The van der Waals surface area contributed by atoms with E-state index in [2.05, 4.69) is 9.97 Å². The third-order valence-corrected chi connectivity index (χ3v) is 5.57. The second kappa shape index (κ2) is 13.8. The van der Waals surface area contributed by atoms with E-state index >= 15 is 0 Å². The molecule has 0 atom stereocenters. The molecule has 1 N–H and O–H groups in total. The summed E-state index contributed by atoms with van der Waals surface area (Å²) in [6.07, 6.45) is 6.64. The van der Waals surface area contributed by atoms with Gasteiger partial charge in [-0.25, -0.2) is 4.79 Å². The highest BCUT2D eigenvalue weighted by atomic mass is 35.5. The van der Waals surface area contributed by atoms with Crippen LogP contribution >= 0.6 is 11.6 Å². The van der Waals surface area contributed by atoms with Crippen molar-refractivity contribution in [1.29, 1.82) is 0 Å².